The van der Waals surface area contributed by atoms with Gasteiger partial charge in [0.25, 0.3) is 0 Å². The molecule has 22 heavy (non-hydrogen) atoms. The molecule has 5 nitrogen and oxygen atoms in total. The zero-order valence-electron chi connectivity index (χ0n) is 13.4. The summed E-state index contributed by atoms with van der Waals surface area (Å²) in [5.41, 5.74) is 1.48. The molecule has 1 aliphatic carbocycles. The summed E-state index contributed by atoms with van der Waals surface area (Å²) in [6.45, 7) is 3.59. The Kier molecular flexibility index (Phi) is 5.69. The van der Waals surface area contributed by atoms with Gasteiger partial charge in [0.05, 0.1) is 5.70 Å². The van der Waals surface area contributed by atoms with Crippen molar-refractivity contribution in [1.29, 1.82) is 0 Å². The zero-order valence-corrected chi connectivity index (χ0v) is 13.4. The number of rotatable bonds is 4. The highest BCUT2D eigenvalue weighted by molar-refractivity contribution is 5.78. The van der Waals surface area contributed by atoms with Gasteiger partial charge in [-0.15, -0.1) is 0 Å². The lowest BCUT2D eigenvalue weighted by atomic mass is 9.95. The van der Waals surface area contributed by atoms with E-state index >= 15 is 0 Å². The molecule has 0 saturated heterocycles. The highest BCUT2D eigenvalue weighted by atomic mass is 16.2. The van der Waals surface area contributed by atoms with Gasteiger partial charge in [-0.3, -0.25) is 9.98 Å². The molecule has 1 heterocycles. The zero-order chi connectivity index (χ0) is 15.9. The van der Waals surface area contributed by atoms with E-state index in [-0.39, 0.29) is 6.03 Å². The minimum atomic E-state index is -0.0167. The number of urea groups is 1. The standard InChI is InChI=1S/C17H24N4O/c1-18-16(14-8-7-11-19-12-14)13-20(2)17(22)21(3)15-9-5-4-6-10-15/h7-8,11-13,15H,1,4-6,9-10H2,2-3H3/b16-13-. The molecule has 5 heteroatoms. The molecule has 2 rings (SSSR count). The van der Waals surface area contributed by atoms with Gasteiger partial charge in [0, 0.05) is 44.3 Å². The molecular weight excluding hydrogens is 276 g/mol. The van der Waals surface area contributed by atoms with E-state index in [0.717, 1.165) is 18.4 Å². The predicted octanol–water partition coefficient (Wildman–Crippen LogP) is 3.40. The predicted molar refractivity (Wildman–Crippen MR) is 89.6 cm³/mol. The average molecular weight is 300 g/mol. The Balaban J connectivity index is 2.08. The molecule has 0 atom stereocenters. The molecule has 1 aliphatic rings. The maximum absolute atomic E-state index is 12.6. The van der Waals surface area contributed by atoms with Crippen LogP contribution < -0.4 is 0 Å². The van der Waals surface area contributed by atoms with Gasteiger partial charge in [-0.25, -0.2) is 4.79 Å². The van der Waals surface area contributed by atoms with Crippen molar-refractivity contribution < 1.29 is 4.79 Å². The first-order chi connectivity index (χ1) is 10.6. The van der Waals surface area contributed by atoms with Crippen LogP contribution in [0.5, 0.6) is 0 Å². The van der Waals surface area contributed by atoms with Gasteiger partial charge in [0.15, 0.2) is 0 Å². The lowest BCUT2D eigenvalue weighted by Gasteiger charge is -2.33. The van der Waals surface area contributed by atoms with Gasteiger partial charge >= 0.3 is 6.03 Å². The van der Waals surface area contributed by atoms with Crippen LogP contribution in [0.1, 0.15) is 37.7 Å². The molecule has 1 aromatic heterocycles. The molecule has 0 radical (unpaired) electrons. The van der Waals surface area contributed by atoms with Crippen LogP contribution in [-0.4, -0.2) is 47.7 Å². The van der Waals surface area contributed by atoms with Crippen molar-refractivity contribution in [3.05, 3.63) is 36.3 Å². The van der Waals surface area contributed by atoms with Crippen LogP contribution in [0.2, 0.25) is 0 Å². The van der Waals surface area contributed by atoms with Crippen LogP contribution in [0, 0.1) is 0 Å². The van der Waals surface area contributed by atoms with Crippen molar-refractivity contribution in [3.8, 4) is 0 Å². The maximum Gasteiger partial charge on any atom is 0.323 e. The van der Waals surface area contributed by atoms with Crippen LogP contribution in [0.25, 0.3) is 5.70 Å². The van der Waals surface area contributed by atoms with Crippen molar-refractivity contribution in [2.24, 2.45) is 4.99 Å². The Morgan fingerprint density at radius 2 is 2.09 bits per heavy atom. The number of pyridine rings is 1. The third-order valence-corrected chi connectivity index (χ3v) is 4.17. The third-order valence-electron chi connectivity index (χ3n) is 4.17. The second-order valence-electron chi connectivity index (χ2n) is 5.71. The number of nitrogens with zero attached hydrogens (tertiary/aromatic N) is 4. The van der Waals surface area contributed by atoms with Crippen LogP contribution in [0.4, 0.5) is 4.79 Å². The van der Waals surface area contributed by atoms with Gasteiger partial charge in [0.1, 0.15) is 0 Å². The summed E-state index contributed by atoms with van der Waals surface area (Å²) in [4.78, 5) is 24.1. The molecule has 1 saturated carbocycles. The molecule has 0 bridgehead atoms. The summed E-state index contributed by atoms with van der Waals surface area (Å²) in [6, 6.07) is 4.06. The molecule has 0 aromatic carbocycles. The molecule has 1 aromatic rings. The Morgan fingerprint density at radius 1 is 1.36 bits per heavy atom. The van der Waals surface area contributed by atoms with Crippen molar-refractivity contribution in [1.82, 2.24) is 14.8 Å². The van der Waals surface area contributed by atoms with Crippen LogP contribution in [-0.2, 0) is 0 Å². The second kappa shape index (κ2) is 7.73. The first-order valence-electron chi connectivity index (χ1n) is 7.72. The fraction of sp³-hybridized carbons (Fsp3) is 0.471. The number of carbonyl (C=O) groups is 1. The number of hydrogen-bond donors (Lipinski definition) is 0. The minimum Gasteiger partial charge on any atom is -0.324 e. The van der Waals surface area contributed by atoms with Crippen LogP contribution >= 0.6 is 0 Å². The largest absolute Gasteiger partial charge is 0.324 e. The SMILES string of the molecule is C=N/C(=C\N(C)C(=O)N(C)C1CCCCC1)c1cccnc1. The number of aliphatic imine (C=N–C) groups is 1. The van der Waals surface area contributed by atoms with E-state index in [9.17, 15) is 4.79 Å². The second-order valence-corrected chi connectivity index (χ2v) is 5.71. The Hall–Kier alpha value is -2.17. The summed E-state index contributed by atoms with van der Waals surface area (Å²) in [5.74, 6) is 0. The summed E-state index contributed by atoms with van der Waals surface area (Å²) in [7, 11) is 3.64. The molecule has 0 N–H and O–H groups in total. The van der Waals surface area contributed by atoms with Gasteiger partial charge in [-0.1, -0.05) is 19.3 Å². The Labute approximate surface area is 132 Å². The van der Waals surface area contributed by atoms with Gasteiger partial charge in [0.2, 0.25) is 0 Å². The van der Waals surface area contributed by atoms with Gasteiger partial charge < -0.3 is 9.80 Å². The minimum absolute atomic E-state index is 0.0167. The molecule has 1 fully saturated rings. The van der Waals surface area contributed by atoms with Crippen molar-refractivity contribution in [3.63, 3.8) is 0 Å². The van der Waals surface area contributed by atoms with E-state index in [1.165, 1.54) is 19.3 Å². The summed E-state index contributed by atoms with van der Waals surface area (Å²) < 4.78 is 0. The van der Waals surface area contributed by atoms with E-state index in [1.807, 2.05) is 24.1 Å². The Morgan fingerprint density at radius 3 is 2.68 bits per heavy atom. The summed E-state index contributed by atoms with van der Waals surface area (Å²) in [6.07, 6.45) is 11.0. The van der Waals surface area contributed by atoms with Gasteiger partial charge in [-0.2, -0.15) is 0 Å². The number of hydrogen-bond acceptors (Lipinski definition) is 3. The first kappa shape index (κ1) is 16.2. The quantitative estimate of drug-likeness (QED) is 0.800. The third kappa shape index (κ3) is 3.93. The molecule has 2 amide bonds. The van der Waals surface area contributed by atoms with Crippen molar-refractivity contribution in [2.75, 3.05) is 14.1 Å². The molecule has 0 spiro atoms. The van der Waals surface area contributed by atoms with E-state index in [2.05, 4.69) is 16.7 Å². The summed E-state index contributed by atoms with van der Waals surface area (Å²) in [5, 5.41) is 0. The maximum atomic E-state index is 12.6. The van der Waals surface area contributed by atoms with Crippen LogP contribution in [0.15, 0.2) is 35.7 Å². The van der Waals surface area contributed by atoms with Crippen LogP contribution in [0.3, 0.4) is 0 Å². The monoisotopic (exact) mass is 300 g/mol. The topological polar surface area (TPSA) is 48.8 Å². The number of aromatic nitrogens is 1. The molecule has 0 unspecified atom stereocenters. The smallest absolute Gasteiger partial charge is 0.323 e. The fourth-order valence-corrected chi connectivity index (χ4v) is 2.83. The molecule has 118 valence electrons. The van der Waals surface area contributed by atoms with Gasteiger partial charge in [-0.05, 0) is 31.7 Å². The van der Waals surface area contributed by atoms with E-state index < -0.39 is 0 Å². The van der Waals surface area contributed by atoms with E-state index in [1.54, 1.807) is 30.5 Å². The van der Waals surface area contributed by atoms with E-state index in [4.69, 9.17) is 0 Å². The number of carbonyl (C=O) groups excluding carboxylic acids is 1. The summed E-state index contributed by atoms with van der Waals surface area (Å²) >= 11 is 0. The molecular formula is C17H24N4O. The highest BCUT2D eigenvalue weighted by Crippen LogP contribution is 2.23. The highest BCUT2D eigenvalue weighted by Gasteiger charge is 2.23. The number of amides is 2. The van der Waals surface area contributed by atoms with Crippen molar-refractivity contribution in [2.45, 2.75) is 38.1 Å². The fourth-order valence-electron chi connectivity index (χ4n) is 2.83. The average Bonchev–Trinajstić information content (AvgIpc) is 2.59. The Bertz CT molecular complexity index is 535. The van der Waals surface area contributed by atoms with E-state index in [0.29, 0.717) is 11.7 Å². The lowest BCUT2D eigenvalue weighted by Crippen LogP contribution is -2.43. The first-order valence-corrected chi connectivity index (χ1v) is 7.72. The van der Waals surface area contributed by atoms with Crippen molar-refractivity contribution >= 4 is 18.4 Å². The normalized spacial score (nSPS) is 16.2. The molecule has 0 aliphatic heterocycles. The lowest BCUT2D eigenvalue weighted by molar-refractivity contribution is 0.154.